The van der Waals surface area contributed by atoms with Crippen molar-refractivity contribution in [3.63, 3.8) is 0 Å². The number of nitrogens with zero attached hydrogens (tertiary/aromatic N) is 1. The smallest absolute Gasteiger partial charge is 0.228 e. The SMILES string of the molecule is CC(=O)n1c(Sc2ccccc2)c(N)c2ccccc21.Cl. The first kappa shape index (κ1) is 15.5. The Hall–Kier alpha value is -1.91. The van der Waals surface area contributed by atoms with Gasteiger partial charge in [-0.1, -0.05) is 48.2 Å². The Kier molecular flexibility index (Phi) is 4.60. The summed E-state index contributed by atoms with van der Waals surface area (Å²) < 4.78 is 1.68. The lowest BCUT2D eigenvalue weighted by atomic mass is 10.2. The molecule has 3 nitrogen and oxygen atoms in total. The highest BCUT2D eigenvalue weighted by Crippen LogP contribution is 2.38. The molecule has 1 heterocycles. The van der Waals surface area contributed by atoms with Gasteiger partial charge in [0.2, 0.25) is 5.91 Å². The number of nitrogen functional groups attached to an aromatic ring is 1. The van der Waals surface area contributed by atoms with Crippen LogP contribution in [0, 0.1) is 0 Å². The molecule has 0 spiro atoms. The first-order valence-electron chi connectivity index (χ1n) is 6.31. The molecular formula is C16H15ClN2OS. The third-order valence-electron chi connectivity index (χ3n) is 3.14. The van der Waals surface area contributed by atoms with Gasteiger partial charge in [-0.3, -0.25) is 9.36 Å². The third kappa shape index (κ3) is 2.77. The number of carbonyl (C=O) groups is 1. The highest BCUT2D eigenvalue weighted by molar-refractivity contribution is 7.99. The molecule has 3 aromatic rings. The molecule has 0 unspecified atom stereocenters. The van der Waals surface area contributed by atoms with Crippen LogP contribution < -0.4 is 5.73 Å². The molecule has 0 aliphatic heterocycles. The second-order valence-electron chi connectivity index (χ2n) is 4.51. The minimum atomic E-state index is -0.0312. The van der Waals surface area contributed by atoms with E-state index in [9.17, 15) is 4.79 Å². The Bertz CT molecular complexity index is 784. The lowest BCUT2D eigenvalue weighted by molar-refractivity contribution is 0.0933. The van der Waals surface area contributed by atoms with Crippen LogP contribution in [0.25, 0.3) is 10.9 Å². The van der Waals surface area contributed by atoms with Crippen LogP contribution in [0.5, 0.6) is 0 Å². The fourth-order valence-electron chi connectivity index (χ4n) is 2.25. The van der Waals surface area contributed by atoms with Crippen LogP contribution in [-0.4, -0.2) is 10.5 Å². The zero-order valence-electron chi connectivity index (χ0n) is 11.4. The van der Waals surface area contributed by atoms with Gasteiger partial charge in [0.15, 0.2) is 0 Å². The summed E-state index contributed by atoms with van der Waals surface area (Å²) in [5.41, 5.74) is 7.75. The van der Waals surface area contributed by atoms with Crippen molar-refractivity contribution in [2.75, 3.05) is 5.73 Å². The molecule has 1 aromatic heterocycles. The quantitative estimate of drug-likeness (QED) is 0.759. The Morgan fingerprint density at radius 2 is 1.67 bits per heavy atom. The van der Waals surface area contributed by atoms with Gasteiger partial charge in [-0.2, -0.15) is 0 Å². The van der Waals surface area contributed by atoms with Gasteiger partial charge in [-0.25, -0.2) is 0 Å². The van der Waals surface area contributed by atoms with Crippen LogP contribution in [0.3, 0.4) is 0 Å². The molecule has 21 heavy (non-hydrogen) atoms. The van der Waals surface area contributed by atoms with E-state index in [1.54, 1.807) is 11.5 Å². The number of hydrogen-bond acceptors (Lipinski definition) is 3. The van der Waals surface area contributed by atoms with E-state index in [0.29, 0.717) is 5.69 Å². The Morgan fingerprint density at radius 3 is 2.33 bits per heavy atom. The number of halogens is 1. The van der Waals surface area contributed by atoms with Gasteiger partial charge in [0.1, 0.15) is 5.03 Å². The van der Waals surface area contributed by atoms with Gasteiger partial charge in [0.25, 0.3) is 0 Å². The van der Waals surface area contributed by atoms with E-state index in [1.165, 1.54) is 11.8 Å². The Balaban J connectivity index is 0.00000161. The fourth-order valence-corrected chi connectivity index (χ4v) is 3.31. The zero-order valence-corrected chi connectivity index (χ0v) is 13.1. The standard InChI is InChI=1S/C16H14N2OS.ClH/c1-11(19)18-14-10-6-5-9-13(14)15(17)16(18)20-12-7-3-2-4-8-12;/h2-10H,17H2,1H3;1H. The normalized spacial score (nSPS) is 10.3. The summed E-state index contributed by atoms with van der Waals surface area (Å²) in [5.74, 6) is -0.0312. The van der Waals surface area contributed by atoms with Crippen LogP contribution >= 0.6 is 24.2 Å². The largest absolute Gasteiger partial charge is 0.396 e. The second-order valence-corrected chi connectivity index (χ2v) is 5.57. The molecule has 0 saturated heterocycles. The summed E-state index contributed by atoms with van der Waals surface area (Å²) in [6, 6.07) is 17.6. The van der Waals surface area contributed by atoms with Crippen LogP contribution in [0.2, 0.25) is 0 Å². The summed E-state index contributed by atoms with van der Waals surface area (Å²) in [6.45, 7) is 1.56. The van der Waals surface area contributed by atoms with E-state index < -0.39 is 0 Å². The van der Waals surface area contributed by atoms with Gasteiger partial charge in [-0.05, 0) is 18.2 Å². The number of carbonyl (C=O) groups excluding carboxylic acids is 1. The maximum Gasteiger partial charge on any atom is 0.228 e. The van der Waals surface area contributed by atoms with Gasteiger partial charge in [0, 0.05) is 17.2 Å². The Morgan fingerprint density at radius 1 is 1.05 bits per heavy atom. The summed E-state index contributed by atoms with van der Waals surface area (Å²) in [6.07, 6.45) is 0. The van der Waals surface area contributed by atoms with Crippen molar-refractivity contribution < 1.29 is 4.79 Å². The monoisotopic (exact) mass is 318 g/mol. The second kappa shape index (κ2) is 6.24. The first-order valence-corrected chi connectivity index (χ1v) is 7.13. The molecule has 0 saturated carbocycles. The number of benzene rings is 2. The number of nitrogens with two attached hydrogens (primary N) is 1. The van der Waals surface area contributed by atoms with Gasteiger partial charge in [0.05, 0.1) is 11.2 Å². The molecule has 108 valence electrons. The number of fused-ring (bicyclic) bond motifs is 1. The molecule has 0 amide bonds. The lowest BCUT2D eigenvalue weighted by Gasteiger charge is -2.06. The van der Waals surface area contributed by atoms with Crippen molar-refractivity contribution in [2.24, 2.45) is 0 Å². The van der Waals surface area contributed by atoms with Crippen LogP contribution in [0.4, 0.5) is 5.69 Å². The summed E-state index contributed by atoms with van der Waals surface area (Å²) in [7, 11) is 0. The molecule has 5 heteroatoms. The molecule has 0 aliphatic rings. The minimum Gasteiger partial charge on any atom is -0.396 e. The topological polar surface area (TPSA) is 48.0 Å². The fraction of sp³-hybridized carbons (Fsp3) is 0.0625. The van der Waals surface area contributed by atoms with Crippen LogP contribution in [-0.2, 0) is 0 Å². The van der Waals surface area contributed by atoms with Gasteiger partial charge < -0.3 is 5.73 Å². The maximum atomic E-state index is 12.0. The molecule has 0 fully saturated rings. The van der Waals surface area contributed by atoms with Gasteiger partial charge in [-0.15, -0.1) is 12.4 Å². The molecule has 0 radical (unpaired) electrons. The number of aromatic nitrogens is 1. The van der Waals surface area contributed by atoms with E-state index in [-0.39, 0.29) is 18.3 Å². The predicted molar refractivity (Wildman–Crippen MR) is 90.5 cm³/mol. The maximum absolute atomic E-state index is 12.0. The lowest BCUT2D eigenvalue weighted by Crippen LogP contribution is -2.06. The van der Waals surface area contributed by atoms with E-state index in [1.807, 2.05) is 54.6 Å². The summed E-state index contributed by atoms with van der Waals surface area (Å²) in [5, 5.41) is 1.70. The molecule has 0 bridgehead atoms. The number of anilines is 1. The molecule has 0 atom stereocenters. The van der Waals surface area contributed by atoms with Crippen molar-refractivity contribution in [3.8, 4) is 0 Å². The van der Waals surface area contributed by atoms with Crippen LogP contribution in [0.15, 0.2) is 64.5 Å². The van der Waals surface area contributed by atoms with Crippen molar-refractivity contribution in [1.29, 1.82) is 0 Å². The zero-order chi connectivity index (χ0) is 14.1. The van der Waals surface area contributed by atoms with Crippen molar-refractivity contribution in [1.82, 2.24) is 4.57 Å². The molecular weight excluding hydrogens is 304 g/mol. The number of para-hydroxylation sites is 1. The first-order chi connectivity index (χ1) is 9.68. The number of hydrogen-bond donors (Lipinski definition) is 1. The van der Waals surface area contributed by atoms with Crippen molar-refractivity contribution in [3.05, 3.63) is 54.6 Å². The molecule has 3 rings (SSSR count). The highest BCUT2D eigenvalue weighted by atomic mass is 35.5. The molecule has 2 aromatic carbocycles. The summed E-state index contributed by atoms with van der Waals surface area (Å²) in [4.78, 5) is 13.0. The predicted octanol–water partition coefficient (Wildman–Crippen LogP) is 4.46. The van der Waals surface area contributed by atoms with E-state index in [2.05, 4.69) is 0 Å². The van der Waals surface area contributed by atoms with E-state index in [4.69, 9.17) is 5.73 Å². The van der Waals surface area contributed by atoms with E-state index >= 15 is 0 Å². The Labute approximate surface area is 133 Å². The average molecular weight is 319 g/mol. The highest BCUT2D eigenvalue weighted by Gasteiger charge is 2.18. The number of rotatable bonds is 2. The summed E-state index contributed by atoms with van der Waals surface area (Å²) >= 11 is 1.51. The van der Waals surface area contributed by atoms with E-state index in [0.717, 1.165) is 20.8 Å². The molecule has 2 N–H and O–H groups in total. The minimum absolute atomic E-state index is 0. The van der Waals surface area contributed by atoms with Crippen LogP contribution in [0.1, 0.15) is 11.7 Å². The third-order valence-corrected chi connectivity index (χ3v) is 4.24. The average Bonchev–Trinajstić information content (AvgIpc) is 2.74. The van der Waals surface area contributed by atoms with Crippen molar-refractivity contribution in [2.45, 2.75) is 16.8 Å². The molecule has 0 aliphatic carbocycles. The van der Waals surface area contributed by atoms with Gasteiger partial charge >= 0.3 is 0 Å². The van der Waals surface area contributed by atoms with Crippen molar-refractivity contribution >= 4 is 46.7 Å².